The summed E-state index contributed by atoms with van der Waals surface area (Å²) < 4.78 is 0. The van der Waals surface area contributed by atoms with Crippen molar-refractivity contribution in [1.29, 1.82) is 0 Å². The van der Waals surface area contributed by atoms with Crippen LogP contribution in [0.5, 0.6) is 0 Å². The topological polar surface area (TPSA) is 23.8 Å². The molecule has 0 saturated heterocycles. The molecule has 49 valence electrons. The van der Waals surface area contributed by atoms with Gasteiger partial charge in [-0.1, -0.05) is 32.9 Å². The molecule has 0 saturated carbocycles. The number of hydrogen-bond acceptors (Lipinski definition) is 0. The zero-order chi connectivity index (χ0) is 6.62. The van der Waals surface area contributed by atoms with Gasteiger partial charge in [0.05, 0.1) is 0 Å². The number of hydrogen-bond donors (Lipinski definition) is 0. The average Bonchev–Trinajstić information content (AvgIpc) is 1.59. The third kappa shape index (κ3) is 6.18. The molecule has 0 unspecified atom stereocenters. The molecule has 0 rings (SSSR count). The highest BCUT2D eigenvalue weighted by Gasteiger charge is 2.12. The van der Waals surface area contributed by atoms with Gasteiger partial charge in [0.25, 0.3) is 0 Å². The molecule has 0 atom stereocenters. The number of nitrogens with one attached hydrogen (secondary N) is 1. The summed E-state index contributed by atoms with van der Waals surface area (Å²) in [6.07, 6.45) is 2.50. The first-order chi connectivity index (χ1) is 3.56. The molecular formula is C6H16NSi. The van der Waals surface area contributed by atoms with E-state index < -0.39 is 8.24 Å². The normalized spacial score (nSPS) is 12.0. The zero-order valence-corrected chi connectivity index (χ0v) is 7.12. The van der Waals surface area contributed by atoms with Gasteiger partial charge in [0.1, 0.15) is 8.24 Å². The third-order valence-corrected chi connectivity index (χ3v) is 2.76. The van der Waals surface area contributed by atoms with Crippen molar-refractivity contribution >= 4 is 8.24 Å². The van der Waals surface area contributed by atoms with Crippen LogP contribution in [-0.2, 0) is 0 Å². The largest absolute Gasteiger partial charge is 0.285 e. The molecule has 0 aliphatic carbocycles. The highest BCUT2D eigenvalue weighted by atomic mass is 28.3. The fraction of sp³-hybridized carbons (Fsp3) is 1.00. The molecule has 0 spiro atoms. The van der Waals surface area contributed by atoms with Gasteiger partial charge in [0, 0.05) is 0 Å². The number of unbranched alkanes of at least 4 members (excludes halogenated alkanes) is 1. The van der Waals surface area contributed by atoms with E-state index >= 15 is 0 Å². The molecule has 0 aromatic carbocycles. The van der Waals surface area contributed by atoms with E-state index in [0.29, 0.717) is 0 Å². The van der Waals surface area contributed by atoms with E-state index in [4.69, 9.17) is 5.40 Å². The Morgan fingerprint density at radius 2 is 1.88 bits per heavy atom. The van der Waals surface area contributed by atoms with Crippen LogP contribution >= 0.6 is 0 Å². The predicted molar refractivity (Wildman–Crippen MR) is 40.3 cm³/mol. The smallest absolute Gasteiger partial charge is 0.134 e. The van der Waals surface area contributed by atoms with Crippen LogP contribution in [0.2, 0.25) is 19.1 Å². The lowest BCUT2D eigenvalue weighted by Crippen LogP contribution is -2.26. The van der Waals surface area contributed by atoms with Crippen LogP contribution in [0.15, 0.2) is 0 Å². The van der Waals surface area contributed by atoms with Crippen LogP contribution < -0.4 is 5.40 Å². The van der Waals surface area contributed by atoms with Crippen LogP contribution in [0.3, 0.4) is 0 Å². The Kier molecular flexibility index (Phi) is 3.32. The van der Waals surface area contributed by atoms with Crippen molar-refractivity contribution in [2.75, 3.05) is 0 Å². The molecule has 0 bridgehead atoms. The van der Waals surface area contributed by atoms with E-state index in [1.807, 2.05) is 0 Å². The second-order valence-corrected chi connectivity index (χ2v) is 7.26. The lowest BCUT2D eigenvalue weighted by molar-refractivity contribution is 0.864. The van der Waals surface area contributed by atoms with Gasteiger partial charge in [-0.2, -0.15) is 0 Å². The fourth-order valence-electron chi connectivity index (χ4n) is 0.619. The van der Waals surface area contributed by atoms with Crippen LogP contribution in [0.25, 0.3) is 0 Å². The lowest BCUT2D eigenvalue weighted by atomic mass is 10.4. The molecule has 0 amide bonds. The maximum Gasteiger partial charge on any atom is 0.134 e. The van der Waals surface area contributed by atoms with Crippen LogP contribution in [0.4, 0.5) is 0 Å². The van der Waals surface area contributed by atoms with Gasteiger partial charge in [0.15, 0.2) is 0 Å². The van der Waals surface area contributed by atoms with E-state index in [1.54, 1.807) is 0 Å². The van der Waals surface area contributed by atoms with Crippen molar-refractivity contribution in [3.63, 3.8) is 0 Å². The molecule has 0 aromatic heterocycles. The molecule has 0 aromatic rings. The van der Waals surface area contributed by atoms with E-state index in [0.717, 1.165) is 0 Å². The van der Waals surface area contributed by atoms with Crippen LogP contribution in [-0.4, -0.2) is 8.24 Å². The average molecular weight is 130 g/mol. The molecule has 1 nitrogen and oxygen atoms in total. The maximum absolute atomic E-state index is 7.57. The van der Waals surface area contributed by atoms with Gasteiger partial charge in [-0.15, -0.1) is 0 Å². The monoisotopic (exact) mass is 130 g/mol. The van der Waals surface area contributed by atoms with Crippen molar-refractivity contribution in [3.05, 3.63) is 0 Å². The predicted octanol–water partition coefficient (Wildman–Crippen LogP) is 2.27. The van der Waals surface area contributed by atoms with Crippen LogP contribution in [0, 0.1) is 0 Å². The molecule has 0 heterocycles. The van der Waals surface area contributed by atoms with Gasteiger partial charge in [-0.05, 0) is 6.04 Å². The Balaban J connectivity index is 3.11. The molecule has 0 aliphatic rings. The van der Waals surface area contributed by atoms with Crippen molar-refractivity contribution in [1.82, 2.24) is 5.40 Å². The highest BCUT2D eigenvalue weighted by Crippen LogP contribution is 2.07. The fourth-order valence-corrected chi connectivity index (χ4v) is 1.86. The van der Waals surface area contributed by atoms with Crippen molar-refractivity contribution < 1.29 is 0 Å². The Bertz CT molecular complexity index is 56.0. The summed E-state index contributed by atoms with van der Waals surface area (Å²) in [5.41, 5.74) is 0. The van der Waals surface area contributed by atoms with Gasteiger partial charge < -0.3 is 0 Å². The minimum atomic E-state index is -1.43. The Morgan fingerprint density at radius 3 is 2.00 bits per heavy atom. The van der Waals surface area contributed by atoms with E-state index in [2.05, 4.69) is 20.0 Å². The zero-order valence-electron chi connectivity index (χ0n) is 6.12. The van der Waals surface area contributed by atoms with E-state index in [-0.39, 0.29) is 0 Å². The Labute approximate surface area is 53.4 Å². The quantitative estimate of drug-likeness (QED) is 0.523. The summed E-state index contributed by atoms with van der Waals surface area (Å²) in [5.74, 6) is 0. The summed E-state index contributed by atoms with van der Waals surface area (Å²) in [6.45, 7) is 6.38. The Hall–Kier alpha value is 0.177. The standard InChI is InChI=1S/C6H16NSi/c1-4-5-6-8(2,3)7/h7H,4-6H2,1-3H3. The molecule has 0 fully saturated rings. The summed E-state index contributed by atoms with van der Waals surface area (Å²) in [7, 11) is -1.43. The summed E-state index contributed by atoms with van der Waals surface area (Å²) in [4.78, 5) is 0. The first-order valence-electron chi connectivity index (χ1n) is 3.31. The summed E-state index contributed by atoms with van der Waals surface area (Å²) >= 11 is 0. The van der Waals surface area contributed by atoms with Gasteiger partial charge in [0.2, 0.25) is 0 Å². The molecular weight excluding hydrogens is 114 g/mol. The molecule has 1 N–H and O–H groups in total. The SMILES string of the molecule is CCCC[Si](C)(C)[NH]. The van der Waals surface area contributed by atoms with Crippen molar-refractivity contribution in [2.45, 2.75) is 38.9 Å². The minimum Gasteiger partial charge on any atom is -0.285 e. The molecule has 2 heteroatoms. The summed E-state index contributed by atoms with van der Waals surface area (Å²) in [5, 5.41) is 7.57. The highest BCUT2D eigenvalue weighted by molar-refractivity contribution is 6.73. The molecule has 0 aliphatic heterocycles. The van der Waals surface area contributed by atoms with Crippen molar-refractivity contribution in [3.8, 4) is 0 Å². The second kappa shape index (κ2) is 3.25. The Morgan fingerprint density at radius 1 is 1.38 bits per heavy atom. The molecule has 8 heavy (non-hydrogen) atoms. The third-order valence-electron chi connectivity index (χ3n) is 1.16. The van der Waals surface area contributed by atoms with Gasteiger partial charge in [-0.3, -0.25) is 5.40 Å². The lowest BCUT2D eigenvalue weighted by Gasteiger charge is -2.11. The molecule has 1 radical (unpaired) electrons. The minimum absolute atomic E-state index is 1.17. The number of rotatable bonds is 3. The van der Waals surface area contributed by atoms with E-state index in [1.165, 1.54) is 18.9 Å². The maximum atomic E-state index is 7.57. The van der Waals surface area contributed by atoms with Gasteiger partial charge in [-0.25, -0.2) is 0 Å². The van der Waals surface area contributed by atoms with Crippen molar-refractivity contribution in [2.24, 2.45) is 0 Å². The van der Waals surface area contributed by atoms with Gasteiger partial charge >= 0.3 is 0 Å². The van der Waals surface area contributed by atoms with E-state index in [9.17, 15) is 0 Å². The second-order valence-electron chi connectivity index (χ2n) is 2.99. The summed E-state index contributed by atoms with van der Waals surface area (Å²) in [6, 6.07) is 1.17. The first-order valence-corrected chi connectivity index (χ1v) is 6.52. The van der Waals surface area contributed by atoms with Crippen LogP contribution in [0.1, 0.15) is 19.8 Å². The first kappa shape index (κ1) is 8.18.